The molecule has 1 atom stereocenters. The summed E-state index contributed by atoms with van der Waals surface area (Å²) in [6, 6.07) is 6.63. The molecule has 0 bridgehead atoms. The van der Waals surface area contributed by atoms with E-state index in [9.17, 15) is 14.4 Å². The molecule has 0 unspecified atom stereocenters. The van der Waals surface area contributed by atoms with Gasteiger partial charge < -0.3 is 4.74 Å². The Kier molecular flexibility index (Phi) is 4.47. The Morgan fingerprint density at radius 1 is 1.33 bits per heavy atom. The number of esters is 1. The minimum absolute atomic E-state index is 0.310. The molecule has 1 aliphatic heterocycles. The average molecular weight is 305 g/mol. The normalized spacial score (nSPS) is 18.2. The quantitative estimate of drug-likeness (QED) is 0.634. The van der Waals surface area contributed by atoms with Crippen molar-refractivity contribution in [3.05, 3.63) is 40.3 Å². The lowest BCUT2D eigenvalue weighted by Crippen LogP contribution is -2.42. The lowest BCUT2D eigenvalue weighted by molar-refractivity contribution is -0.148. The van der Waals surface area contributed by atoms with Crippen molar-refractivity contribution in [2.24, 2.45) is 0 Å². The monoisotopic (exact) mass is 305 g/mol. The molecule has 2 amide bonds. The van der Waals surface area contributed by atoms with Gasteiger partial charge in [-0.3, -0.25) is 14.5 Å². The number of hydrogen-bond acceptors (Lipinski definition) is 5. The first kappa shape index (κ1) is 15.3. The van der Waals surface area contributed by atoms with E-state index >= 15 is 0 Å². The summed E-state index contributed by atoms with van der Waals surface area (Å²) in [6.45, 7) is 3.39. The predicted molar refractivity (Wildman–Crippen MR) is 80.5 cm³/mol. The maximum Gasteiger partial charge on any atom is 0.328 e. The fourth-order valence-electron chi connectivity index (χ4n) is 1.98. The number of aryl methyl sites for hydroxylation is 1. The fraction of sp³-hybridized carbons (Fsp3) is 0.267. The molecule has 0 saturated carbocycles. The summed E-state index contributed by atoms with van der Waals surface area (Å²) in [5, 5.41) is -0.460. The van der Waals surface area contributed by atoms with Gasteiger partial charge in [-0.05, 0) is 42.8 Å². The van der Waals surface area contributed by atoms with Crippen LogP contribution in [0, 0.1) is 6.92 Å². The minimum atomic E-state index is -0.926. The first-order valence-corrected chi connectivity index (χ1v) is 7.18. The van der Waals surface area contributed by atoms with Crippen LogP contribution in [-0.2, 0) is 14.3 Å². The predicted octanol–water partition coefficient (Wildman–Crippen LogP) is 2.59. The van der Waals surface area contributed by atoms with Gasteiger partial charge >= 0.3 is 5.97 Å². The third-order valence-electron chi connectivity index (χ3n) is 3.23. The molecule has 0 radical (unpaired) electrons. The van der Waals surface area contributed by atoms with Gasteiger partial charge in [0.15, 0.2) is 0 Å². The highest BCUT2D eigenvalue weighted by molar-refractivity contribution is 8.18. The third kappa shape index (κ3) is 3.00. The summed E-state index contributed by atoms with van der Waals surface area (Å²) >= 11 is 0.832. The number of rotatable bonds is 3. The molecule has 0 N–H and O–H groups in total. The second kappa shape index (κ2) is 6.13. The highest BCUT2D eigenvalue weighted by atomic mass is 32.2. The van der Waals surface area contributed by atoms with Gasteiger partial charge in [0.1, 0.15) is 6.04 Å². The van der Waals surface area contributed by atoms with Crippen molar-refractivity contribution in [2.45, 2.75) is 19.9 Å². The lowest BCUT2D eigenvalue weighted by atomic mass is 10.1. The molecule has 1 aromatic carbocycles. The van der Waals surface area contributed by atoms with E-state index in [0.717, 1.165) is 27.8 Å². The number of methoxy groups -OCH3 is 1. The van der Waals surface area contributed by atoms with E-state index in [4.69, 9.17) is 0 Å². The highest BCUT2D eigenvalue weighted by Crippen LogP contribution is 2.34. The summed E-state index contributed by atoms with van der Waals surface area (Å²) in [5.74, 6) is -1.08. The van der Waals surface area contributed by atoms with Gasteiger partial charge in [-0.25, -0.2) is 4.79 Å². The number of imide groups is 1. The molecule has 5 nitrogen and oxygen atoms in total. The topological polar surface area (TPSA) is 63.7 Å². The summed E-state index contributed by atoms with van der Waals surface area (Å²) in [6.07, 6.45) is 1.67. The Labute approximate surface area is 127 Å². The Balaban J connectivity index is 2.30. The van der Waals surface area contributed by atoms with Crippen LogP contribution in [-0.4, -0.2) is 35.2 Å². The number of carbonyl (C=O) groups excluding carboxylic acids is 3. The number of benzene rings is 1. The second-order valence-corrected chi connectivity index (χ2v) is 5.60. The molecule has 6 heteroatoms. The van der Waals surface area contributed by atoms with Gasteiger partial charge in [0, 0.05) is 0 Å². The van der Waals surface area contributed by atoms with Crippen LogP contribution < -0.4 is 0 Å². The van der Waals surface area contributed by atoms with Crippen LogP contribution in [0.3, 0.4) is 0 Å². The van der Waals surface area contributed by atoms with Crippen LogP contribution in [0.1, 0.15) is 18.1 Å². The summed E-state index contributed by atoms with van der Waals surface area (Å²) in [4.78, 5) is 37.0. The molecule has 1 aromatic rings. The van der Waals surface area contributed by atoms with Crippen LogP contribution in [0.2, 0.25) is 0 Å². The third-order valence-corrected chi connectivity index (χ3v) is 4.11. The molecular formula is C15H15NO4S. The van der Waals surface area contributed by atoms with Crippen LogP contribution in [0.25, 0.3) is 6.08 Å². The first-order valence-electron chi connectivity index (χ1n) is 6.36. The van der Waals surface area contributed by atoms with E-state index < -0.39 is 23.2 Å². The molecule has 0 spiro atoms. The summed E-state index contributed by atoms with van der Waals surface area (Å²) in [5.41, 5.74) is 1.87. The molecular weight excluding hydrogens is 290 g/mol. The van der Waals surface area contributed by atoms with Crippen molar-refractivity contribution in [1.82, 2.24) is 4.90 Å². The van der Waals surface area contributed by atoms with Gasteiger partial charge in [-0.15, -0.1) is 0 Å². The van der Waals surface area contributed by atoms with Crippen LogP contribution >= 0.6 is 11.8 Å². The Hall–Kier alpha value is -2.08. The minimum Gasteiger partial charge on any atom is -0.467 e. The zero-order valence-corrected chi connectivity index (χ0v) is 12.8. The van der Waals surface area contributed by atoms with Gasteiger partial charge in [-0.1, -0.05) is 24.3 Å². The molecule has 21 heavy (non-hydrogen) atoms. The van der Waals surface area contributed by atoms with E-state index in [2.05, 4.69) is 4.74 Å². The first-order chi connectivity index (χ1) is 9.95. The molecule has 0 aromatic heterocycles. The molecule has 1 fully saturated rings. The lowest BCUT2D eigenvalue weighted by Gasteiger charge is -2.18. The number of hydrogen-bond donors (Lipinski definition) is 0. The Morgan fingerprint density at radius 3 is 2.62 bits per heavy atom. The van der Waals surface area contributed by atoms with Crippen molar-refractivity contribution in [3.63, 3.8) is 0 Å². The maximum atomic E-state index is 12.3. The van der Waals surface area contributed by atoms with Crippen molar-refractivity contribution < 1.29 is 19.1 Å². The largest absolute Gasteiger partial charge is 0.467 e. The smallest absolute Gasteiger partial charge is 0.328 e. The number of amides is 2. The van der Waals surface area contributed by atoms with Crippen molar-refractivity contribution >= 4 is 35.0 Å². The molecule has 1 aliphatic rings. The molecule has 0 aliphatic carbocycles. The zero-order chi connectivity index (χ0) is 15.6. The molecule has 2 rings (SSSR count). The SMILES string of the molecule is COC(=O)[C@@H](C)N1C(=O)S/C(=C/c2ccccc2C)C1=O. The number of ether oxygens (including phenoxy) is 1. The van der Waals surface area contributed by atoms with E-state index in [0.29, 0.717) is 4.91 Å². The molecule has 110 valence electrons. The summed E-state index contributed by atoms with van der Waals surface area (Å²) in [7, 11) is 1.22. The van der Waals surface area contributed by atoms with E-state index in [1.165, 1.54) is 14.0 Å². The zero-order valence-electron chi connectivity index (χ0n) is 12.0. The van der Waals surface area contributed by atoms with Crippen LogP contribution in [0.15, 0.2) is 29.2 Å². The number of thioether (sulfide) groups is 1. The second-order valence-electron chi connectivity index (χ2n) is 4.61. The van der Waals surface area contributed by atoms with E-state index in [1.807, 2.05) is 31.2 Å². The Morgan fingerprint density at radius 2 is 2.00 bits per heavy atom. The van der Waals surface area contributed by atoms with Gasteiger partial charge in [0.2, 0.25) is 0 Å². The highest BCUT2D eigenvalue weighted by Gasteiger charge is 2.41. The average Bonchev–Trinajstić information content (AvgIpc) is 2.74. The summed E-state index contributed by atoms with van der Waals surface area (Å²) < 4.78 is 4.58. The van der Waals surface area contributed by atoms with E-state index in [-0.39, 0.29) is 0 Å². The van der Waals surface area contributed by atoms with Crippen LogP contribution in [0.5, 0.6) is 0 Å². The van der Waals surface area contributed by atoms with Crippen LogP contribution in [0.4, 0.5) is 4.79 Å². The molecule has 1 heterocycles. The van der Waals surface area contributed by atoms with Gasteiger partial charge in [-0.2, -0.15) is 0 Å². The number of nitrogens with zero attached hydrogens (tertiary/aromatic N) is 1. The maximum absolute atomic E-state index is 12.3. The van der Waals surface area contributed by atoms with E-state index in [1.54, 1.807) is 6.08 Å². The number of carbonyl (C=O) groups is 3. The van der Waals surface area contributed by atoms with Gasteiger partial charge in [0.05, 0.1) is 12.0 Å². The van der Waals surface area contributed by atoms with Gasteiger partial charge in [0.25, 0.3) is 11.1 Å². The van der Waals surface area contributed by atoms with Crippen molar-refractivity contribution in [2.75, 3.05) is 7.11 Å². The molecule has 1 saturated heterocycles. The van der Waals surface area contributed by atoms with Crippen molar-refractivity contribution in [3.8, 4) is 0 Å². The fourth-order valence-corrected chi connectivity index (χ4v) is 2.88. The Bertz CT molecular complexity index is 638. The standard InChI is InChI=1S/C15H15NO4S/c1-9-6-4-5-7-11(9)8-12-13(17)16(15(19)21-12)10(2)14(18)20-3/h4-8,10H,1-3H3/b12-8+/t10-/m1/s1. The van der Waals surface area contributed by atoms with Crippen molar-refractivity contribution in [1.29, 1.82) is 0 Å².